The summed E-state index contributed by atoms with van der Waals surface area (Å²) in [5.74, 6) is 0.585. The van der Waals surface area contributed by atoms with E-state index >= 15 is 0 Å². The van der Waals surface area contributed by atoms with E-state index in [1.54, 1.807) is 0 Å². The van der Waals surface area contributed by atoms with E-state index in [-0.39, 0.29) is 6.04 Å². The molecule has 2 nitrogen and oxygen atoms in total. The van der Waals surface area contributed by atoms with Gasteiger partial charge in [-0.3, -0.25) is 0 Å². The predicted octanol–water partition coefficient (Wildman–Crippen LogP) is 2.73. The van der Waals surface area contributed by atoms with Gasteiger partial charge in [0.2, 0.25) is 0 Å². The molecule has 1 saturated carbocycles. The number of carbonyl (C=O) groups excluding carboxylic acids is 1. The Balaban J connectivity index is 2.06. The maximum absolute atomic E-state index is 12.6. The van der Waals surface area contributed by atoms with Crippen molar-refractivity contribution in [3.05, 3.63) is 0 Å². The number of halogens is 1. The van der Waals surface area contributed by atoms with Crippen LogP contribution in [0.4, 0.5) is 9.18 Å². The lowest BCUT2D eigenvalue weighted by molar-refractivity contribution is 0.0723. The van der Waals surface area contributed by atoms with E-state index < -0.39 is 6.16 Å². The standard InChI is InChI=1S/C10H16FNO/c11-10(13)12-7-3-5-8-4-1-2-6-9(8)12/h8-9H,1-7H2. The molecule has 0 aromatic heterocycles. The maximum Gasteiger partial charge on any atom is 0.400 e. The Morgan fingerprint density at radius 3 is 2.62 bits per heavy atom. The summed E-state index contributed by atoms with van der Waals surface area (Å²) in [4.78, 5) is 12.2. The normalized spacial score (nSPS) is 34.1. The highest BCUT2D eigenvalue weighted by Gasteiger charge is 2.35. The van der Waals surface area contributed by atoms with Crippen LogP contribution >= 0.6 is 0 Å². The van der Waals surface area contributed by atoms with Gasteiger partial charge in [-0.05, 0) is 31.6 Å². The van der Waals surface area contributed by atoms with Gasteiger partial charge in [-0.25, -0.2) is 4.79 Å². The zero-order valence-corrected chi connectivity index (χ0v) is 7.84. The zero-order valence-electron chi connectivity index (χ0n) is 7.84. The van der Waals surface area contributed by atoms with Gasteiger partial charge in [0.05, 0.1) is 0 Å². The summed E-state index contributed by atoms with van der Waals surface area (Å²) in [6, 6.07) is 0.222. The van der Waals surface area contributed by atoms with Crippen LogP contribution in [0.25, 0.3) is 0 Å². The highest BCUT2D eigenvalue weighted by Crippen LogP contribution is 2.35. The van der Waals surface area contributed by atoms with E-state index in [4.69, 9.17) is 0 Å². The van der Waals surface area contributed by atoms with Crippen LogP contribution in [0, 0.1) is 5.92 Å². The van der Waals surface area contributed by atoms with Crippen LogP contribution in [-0.4, -0.2) is 23.6 Å². The molecular weight excluding hydrogens is 169 g/mol. The van der Waals surface area contributed by atoms with E-state index in [2.05, 4.69) is 0 Å². The van der Waals surface area contributed by atoms with Crippen molar-refractivity contribution in [1.82, 2.24) is 4.90 Å². The molecule has 2 fully saturated rings. The number of piperidine rings is 1. The molecule has 74 valence electrons. The molecule has 2 atom stereocenters. The van der Waals surface area contributed by atoms with E-state index in [1.807, 2.05) is 0 Å². The molecule has 0 aromatic carbocycles. The SMILES string of the molecule is O=C(F)N1CCCC2CCCCC21. The molecule has 2 unspecified atom stereocenters. The minimum Gasteiger partial charge on any atom is -0.311 e. The second kappa shape index (κ2) is 3.64. The van der Waals surface area contributed by atoms with Gasteiger partial charge >= 0.3 is 6.16 Å². The van der Waals surface area contributed by atoms with Crippen molar-refractivity contribution in [2.45, 2.75) is 44.6 Å². The number of hydrogen-bond acceptors (Lipinski definition) is 1. The van der Waals surface area contributed by atoms with E-state index in [0.717, 1.165) is 19.3 Å². The quantitative estimate of drug-likeness (QED) is 0.419. The number of hydrogen-bond donors (Lipinski definition) is 0. The lowest BCUT2D eigenvalue weighted by Crippen LogP contribution is -2.48. The fourth-order valence-corrected chi connectivity index (χ4v) is 2.84. The number of fused-ring (bicyclic) bond motifs is 1. The third-order valence-electron chi connectivity index (χ3n) is 3.47. The molecule has 2 rings (SSSR count). The summed E-state index contributed by atoms with van der Waals surface area (Å²) in [5.41, 5.74) is 0. The largest absolute Gasteiger partial charge is 0.400 e. The Bertz CT molecular complexity index is 205. The van der Waals surface area contributed by atoms with Crippen molar-refractivity contribution in [3.8, 4) is 0 Å². The van der Waals surface area contributed by atoms with E-state index in [1.165, 1.54) is 24.2 Å². The van der Waals surface area contributed by atoms with Gasteiger partial charge in [-0.1, -0.05) is 12.8 Å². The molecular formula is C10H16FNO. The Labute approximate surface area is 78.1 Å². The molecule has 13 heavy (non-hydrogen) atoms. The van der Waals surface area contributed by atoms with Crippen LogP contribution in [0.3, 0.4) is 0 Å². The van der Waals surface area contributed by atoms with Crippen molar-refractivity contribution in [2.24, 2.45) is 5.92 Å². The monoisotopic (exact) mass is 185 g/mol. The van der Waals surface area contributed by atoms with Crippen molar-refractivity contribution in [1.29, 1.82) is 0 Å². The molecule has 3 heteroatoms. The van der Waals surface area contributed by atoms with Crippen LogP contribution in [0.2, 0.25) is 0 Å². The molecule has 1 heterocycles. The van der Waals surface area contributed by atoms with Crippen molar-refractivity contribution < 1.29 is 9.18 Å². The van der Waals surface area contributed by atoms with Gasteiger partial charge in [-0.2, -0.15) is 0 Å². The number of rotatable bonds is 0. The van der Waals surface area contributed by atoms with E-state index in [0.29, 0.717) is 12.5 Å². The van der Waals surface area contributed by atoms with Gasteiger partial charge in [0.15, 0.2) is 0 Å². The number of nitrogens with zero attached hydrogens (tertiary/aromatic N) is 1. The summed E-state index contributed by atoms with van der Waals surface area (Å²) in [7, 11) is 0. The zero-order chi connectivity index (χ0) is 9.26. The summed E-state index contributed by atoms with van der Waals surface area (Å²) in [6.07, 6.45) is 5.58. The first-order valence-electron chi connectivity index (χ1n) is 5.25. The highest BCUT2D eigenvalue weighted by atomic mass is 19.1. The minimum absolute atomic E-state index is 0.222. The minimum atomic E-state index is -1.21. The first-order valence-corrected chi connectivity index (χ1v) is 5.25. The first kappa shape index (κ1) is 8.97. The second-order valence-corrected chi connectivity index (χ2v) is 4.20. The fraction of sp³-hybridized carbons (Fsp3) is 0.900. The van der Waals surface area contributed by atoms with E-state index in [9.17, 15) is 9.18 Å². The Morgan fingerprint density at radius 2 is 1.85 bits per heavy atom. The number of carbonyl (C=O) groups is 1. The topological polar surface area (TPSA) is 20.3 Å². The predicted molar refractivity (Wildman–Crippen MR) is 48.2 cm³/mol. The van der Waals surface area contributed by atoms with Gasteiger partial charge in [0, 0.05) is 12.6 Å². The number of likely N-dealkylation sites (tertiary alicyclic amines) is 1. The summed E-state index contributed by atoms with van der Waals surface area (Å²) in [5, 5.41) is 0. The molecule has 0 spiro atoms. The Hall–Kier alpha value is -0.600. The molecule has 0 aromatic rings. The molecule has 2 aliphatic rings. The molecule has 1 aliphatic carbocycles. The van der Waals surface area contributed by atoms with Gasteiger partial charge in [-0.15, -0.1) is 4.39 Å². The third-order valence-corrected chi connectivity index (χ3v) is 3.47. The second-order valence-electron chi connectivity index (χ2n) is 4.20. The summed E-state index contributed by atoms with van der Waals surface area (Å²) < 4.78 is 12.6. The van der Waals surface area contributed by atoms with Crippen LogP contribution in [-0.2, 0) is 0 Å². The van der Waals surface area contributed by atoms with Crippen molar-refractivity contribution >= 4 is 6.16 Å². The lowest BCUT2D eigenvalue weighted by atomic mass is 9.78. The van der Waals surface area contributed by atoms with Crippen molar-refractivity contribution in [3.63, 3.8) is 0 Å². The molecule has 1 saturated heterocycles. The molecule has 1 aliphatic heterocycles. The fourth-order valence-electron chi connectivity index (χ4n) is 2.84. The lowest BCUT2D eigenvalue weighted by Gasteiger charge is -2.42. The molecule has 0 radical (unpaired) electrons. The average Bonchev–Trinajstić information content (AvgIpc) is 2.17. The van der Waals surface area contributed by atoms with Crippen LogP contribution in [0.5, 0.6) is 0 Å². The Morgan fingerprint density at radius 1 is 1.15 bits per heavy atom. The van der Waals surface area contributed by atoms with Crippen molar-refractivity contribution in [2.75, 3.05) is 6.54 Å². The summed E-state index contributed by atoms with van der Waals surface area (Å²) >= 11 is 0. The Kier molecular flexibility index (Phi) is 2.51. The van der Waals surface area contributed by atoms with Gasteiger partial charge < -0.3 is 4.90 Å². The third kappa shape index (κ3) is 1.69. The average molecular weight is 185 g/mol. The van der Waals surface area contributed by atoms with Crippen LogP contribution in [0.1, 0.15) is 38.5 Å². The van der Waals surface area contributed by atoms with Crippen LogP contribution < -0.4 is 0 Å². The first-order chi connectivity index (χ1) is 6.29. The maximum atomic E-state index is 12.6. The smallest absolute Gasteiger partial charge is 0.311 e. The van der Waals surface area contributed by atoms with Crippen LogP contribution in [0.15, 0.2) is 0 Å². The number of amides is 1. The summed E-state index contributed by atoms with van der Waals surface area (Å²) in [6.45, 7) is 0.635. The molecule has 0 bridgehead atoms. The molecule has 1 amide bonds. The molecule has 0 N–H and O–H groups in total. The van der Waals surface area contributed by atoms with Gasteiger partial charge in [0.1, 0.15) is 0 Å². The highest BCUT2D eigenvalue weighted by molar-refractivity contribution is 5.66. The van der Waals surface area contributed by atoms with Gasteiger partial charge in [0.25, 0.3) is 0 Å².